The predicted molar refractivity (Wildman–Crippen MR) is 92.5 cm³/mol. The van der Waals surface area contributed by atoms with Gasteiger partial charge in [-0.15, -0.1) is 0 Å². The van der Waals surface area contributed by atoms with Crippen LogP contribution in [0, 0.1) is 0 Å². The van der Waals surface area contributed by atoms with Crippen LogP contribution in [0.25, 0.3) is 0 Å². The molecule has 130 valence electrons. The lowest BCUT2D eigenvalue weighted by Gasteiger charge is -2.17. The highest BCUT2D eigenvalue weighted by Crippen LogP contribution is 2.09. The van der Waals surface area contributed by atoms with Crippen molar-refractivity contribution in [3.63, 3.8) is 0 Å². The van der Waals surface area contributed by atoms with Crippen LogP contribution in [-0.4, -0.2) is 51.1 Å². The van der Waals surface area contributed by atoms with E-state index in [-0.39, 0.29) is 11.8 Å². The Bertz CT molecular complexity index is 617. The number of hydrogen-bond acceptors (Lipinski definition) is 5. The smallest absolute Gasteiger partial charge is 0.213 e. The summed E-state index contributed by atoms with van der Waals surface area (Å²) < 4.78 is 27.5. The van der Waals surface area contributed by atoms with E-state index in [0.29, 0.717) is 24.8 Å². The summed E-state index contributed by atoms with van der Waals surface area (Å²) in [4.78, 5) is 8.56. The average Bonchev–Trinajstić information content (AvgIpc) is 2.50. The van der Waals surface area contributed by atoms with E-state index in [1.165, 1.54) is 6.26 Å². The lowest BCUT2D eigenvalue weighted by atomic mass is 10.2. The molecular weight excluding hydrogens is 316 g/mol. The summed E-state index contributed by atoms with van der Waals surface area (Å²) in [5.74, 6) is 1.36. The maximum absolute atomic E-state index is 11.2. The van der Waals surface area contributed by atoms with Crippen molar-refractivity contribution in [1.82, 2.24) is 15.6 Å². The van der Waals surface area contributed by atoms with Crippen molar-refractivity contribution < 1.29 is 13.2 Å². The molecule has 0 amide bonds. The zero-order valence-electron chi connectivity index (χ0n) is 14.2. The molecule has 0 bridgehead atoms. The number of ether oxygens (including phenoxy) is 1. The van der Waals surface area contributed by atoms with Crippen LogP contribution >= 0.6 is 0 Å². The number of sulfone groups is 1. The third-order valence-electron chi connectivity index (χ3n) is 3.08. The van der Waals surface area contributed by atoms with Crippen LogP contribution in [0.15, 0.2) is 23.3 Å². The molecule has 1 unspecified atom stereocenters. The minimum atomic E-state index is -2.95. The van der Waals surface area contributed by atoms with Crippen molar-refractivity contribution in [2.75, 3.05) is 25.7 Å². The van der Waals surface area contributed by atoms with Gasteiger partial charge >= 0.3 is 0 Å². The van der Waals surface area contributed by atoms with E-state index in [2.05, 4.69) is 20.6 Å². The van der Waals surface area contributed by atoms with E-state index < -0.39 is 9.84 Å². The summed E-state index contributed by atoms with van der Waals surface area (Å²) in [5.41, 5.74) is 0.984. The quantitative estimate of drug-likeness (QED) is 0.540. The second-order valence-electron chi connectivity index (χ2n) is 5.37. The molecule has 0 radical (unpaired) electrons. The number of rotatable bonds is 8. The minimum Gasteiger partial charge on any atom is -0.481 e. The Balaban J connectivity index is 2.65. The normalized spacial score (nSPS) is 13.5. The van der Waals surface area contributed by atoms with Crippen LogP contribution < -0.4 is 15.4 Å². The van der Waals surface area contributed by atoms with Gasteiger partial charge in [-0.05, 0) is 31.9 Å². The van der Waals surface area contributed by atoms with Crippen LogP contribution in [0.5, 0.6) is 5.88 Å². The fraction of sp³-hybridized carbons (Fsp3) is 0.600. The van der Waals surface area contributed by atoms with Gasteiger partial charge in [-0.25, -0.2) is 18.4 Å². The molecule has 0 fully saturated rings. The SMILES string of the molecule is CCNC(=NCc1ccnc(OC)c1)NC(C)CCS(C)(=O)=O. The van der Waals surface area contributed by atoms with Crippen molar-refractivity contribution in [3.05, 3.63) is 23.9 Å². The number of hydrogen-bond donors (Lipinski definition) is 2. The largest absolute Gasteiger partial charge is 0.481 e. The first-order valence-electron chi connectivity index (χ1n) is 7.55. The van der Waals surface area contributed by atoms with Crippen LogP contribution in [0.4, 0.5) is 0 Å². The number of nitrogens with one attached hydrogen (secondary N) is 2. The van der Waals surface area contributed by atoms with Crippen molar-refractivity contribution >= 4 is 15.8 Å². The molecule has 0 aliphatic rings. The second-order valence-corrected chi connectivity index (χ2v) is 7.63. The maximum atomic E-state index is 11.2. The molecule has 0 saturated heterocycles. The highest BCUT2D eigenvalue weighted by Gasteiger charge is 2.09. The van der Waals surface area contributed by atoms with E-state index in [9.17, 15) is 8.42 Å². The molecule has 0 saturated carbocycles. The number of pyridine rings is 1. The summed E-state index contributed by atoms with van der Waals surface area (Å²) in [6, 6.07) is 3.72. The molecule has 23 heavy (non-hydrogen) atoms. The Hall–Kier alpha value is -1.83. The monoisotopic (exact) mass is 342 g/mol. The molecule has 1 heterocycles. The zero-order valence-corrected chi connectivity index (χ0v) is 15.0. The van der Waals surface area contributed by atoms with Gasteiger partial charge in [0, 0.05) is 31.1 Å². The van der Waals surface area contributed by atoms with E-state index in [1.54, 1.807) is 13.3 Å². The predicted octanol–water partition coefficient (Wildman–Crippen LogP) is 0.969. The summed E-state index contributed by atoms with van der Waals surface area (Å²) in [7, 11) is -1.38. The van der Waals surface area contributed by atoms with Gasteiger partial charge in [-0.2, -0.15) is 0 Å². The van der Waals surface area contributed by atoms with Gasteiger partial charge in [-0.1, -0.05) is 0 Å². The Morgan fingerprint density at radius 2 is 2.22 bits per heavy atom. The Labute approximate surface area is 138 Å². The number of aromatic nitrogens is 1. The van der Waals surface area contributed by atoms with Gasteiger partial charge in [0.15, 0.2) is 5.96 Å². The number of nitrogens with zero attached hydrogens (tertiary/aromatic N) is 2. The van der Waals surface area contributed by atoms with Gasteiger partial charge in [0.2, 0.25) is 5.88 Å². The topological polar surface area (TPSA) is 92.7 Å². The minimum absolute atomic E-state index is 0.00880. The fourth-order valence-corrected chi connectivity index (χ4v) is 2.63. The van der Waals surface area contributed by atoms with Gasteiger partial charge in [-0.3, -0.25) is 0 Å². The van der Waals surface area contributed by atoms with Crippen LogP contribution in [-0.2, 0) is 16.4 Å². The molecular formula is C15H26N4O3S. The molecule has 1 rings (SSSR count). The van der Waals surface area contributed by atoms with Crippen molar-refractivity contribution in [2.24, 2.45) is 4.99 Å². The number of methoxy groups -OCH3 is 1. The Morgan fingerprint density at radius 1 is 1.48 bits per heavy atom. The zero-order chi connectivity index (χ0) is 17.3. The first-order valence-corrected chi connectivity index (χ1v) is 9.61. The highest BCUT2D eigenvalue weighted by molar-refractivity contribution is 7.90. The van der Waals surface area contributed by atoms with E-state index in [1.807, 2.05) is 26.0 Å². The van der Waals surface area contributed by atoms with Gasteiger partial charge in [0.1, 0.15) is 9.84 Å². The molecule has 0 aliphatic heterocycles. The molecule has 7 nitrogen and oxygen atoms in total. The summed E-state index contributed by atoms with van der Waals surface area (Å²) >= 11 is 0. The number of guanidine groups is 1. The Kier molecular flexibility index (Phi) is 7.80. The van der Waals surface area contributed by atoms with Crippen molar-refractivity contribution in [3.8, 4) is 5.88 Å². The van der Waals surface area contributed by atoms with E-state index in [0.717, 1.165) is 12.1 Å². The van der Waals surface area contributed by atoms with Crippen molar-refractivity contribution in [2.45, 2.75) is 32.9 Å². The van der Waals surface area contributed by atoms with Gasteiger partial charge < -0.3 is 15.4 Å². The summed E-state index contributed by atoms with van der Waals surface area (Å²) in [6.45, 7) is 5.12. The standard InChI is InChI=1S/C15H26N4O3S/c1-5-16-15(19-12(2)7-9-23(4,20)21)18-11-13-6-8-17-14(10-13)22-3/h6,8,10,12H,5,7,9,11H2,1-4H3,(H2,16,18,19). The maximum Gasteiger partial charge on any atom is 0.213 e. The van der Waals surface area contributed by atoms with Crippen LogP contribution in [0.3, 0.4) is 0 Å². The summed E-state index contributed by atoms with van der Waals surface area (Å²) in [6.07, 6.45) is 3.46. The van der Waals surface area contributed by atoms with E-state index in [4.69, 9.17) is 4.74 Å². The molecule has 0 aliphatic carbocycles. The lowest BCUT2D eigenvalue weighted by Crippen LogP contribution is -2.42. The average molecular weight is 342 g/mol. The second kappa shape index (κ2) is 9.34. The molecule has 1 aromatic heterocycles. The van der Waals surface area contributed by atoms with Crippen LogP contribution in [0.2, 0.25) is 0 Å². The van der Waals surface area contributed by atoms with Gasteiger partial charge in [0.25, 0.3) is 0 Å². The molecule has 1 atom stereocenters. The highest BCUT2D eigenvalue weighted by atomic mass is 32.2. The molecule has 8 heteroatoms. The molecule has 1 aromatic rings. The third kappa shape index (κ3) is 8.39. The van der Waals surface area contributed by atoms with Gasteiger partial charge in [0.05, 0.1) is 19.4 Å². The molecule has 0 spiro atoms. The lowest BCUT2D eigenvalue weighted by molar-refractivity contribution is 0.397. The Morgan fingerprint density at radius 3 is 2.83 bits per heavy atom. The van der Waals surface area contributed by atoms with Crippen molar-refractivity contribution in [1.29, 1.82) is 0 Å². The first kappa shape index (κ1) is 19.2. The first-order chi connectivity index (χ1) is 10.8. The van der Waals surface area contributed by atoms with E-state index >= 15 is 0 Å². The number of aliphatic imine (C=N–C) groups is 1. The fourth-order valence-electron chi connectivity index (χ4n) is 1.85. The summed E-state index contributed by atoms with van der Waals surface area (Å²) in [5, 5.41) is 6.37. The van der Waals surface area contributed by atoms with Crippen LogP contribution in [0.1, 0.15) is 25.8 Å². The third-order valence-corrected chi connectivity index (χ3v) is 4.05. The molecule has 2 N–H and O–H groups in total. The molecule has 0 aromatic carbocycles.